The number of furan rings is 1. The molecular weight excluding hydrogens is 229 g/mol. The number of nitrogens with one attached hydrogen (secondary N) is 1. The van der Waals surface area contributed by atoms with Crippen molar-refractivity contribution in [2.24, 2.45) is 0 Å². The summed E-state index contributed by atoms with van der Waals surface area (Å²) in [4.78, 5) is 0. The van der Waals surface area contributed by atoms with E-state index in [0.29, 0.717) is 23.6 Å². The fourth-order valence-corrected chi connectivity index (χ4v) is 2.30. The second-order valence-corrected chi connectivity index (χ2v) is 4.95. The second-order valence-electron chi connectivity index (χ2n) is 4.95. The summed E-state index contributed by atoms with van der Waals surface area (Å²) in [5.74, 6) is 0.936. The maximum atomic E-state index is 14.1. The summed E-state index contributed by atoms with van der Waals surface area (Å²) < 4.78 is 19.8. The van der Waals surface area contributed by atoms with Crippen LogP contribution in [0.4, 0.5) is 4.39 Å². The Kier molecular flexibility index (Phi) is 3.71. The van der Waals surface area contributed by atoms with E-state index in [1.165, 1.54) is 0 Å². The Labute approximate surface area is 107 Å². The third-order valence-corrected chi connectivity index (χ3v) is 3.22. The van der Waals surface area contributed by atoms with Crippen LogP contribution in [-0.4, -0.2) is 6.54 Å². The van der Waals surface area contributed by atoms with Gasteiger partial charge in [0.05, 0.1) is 6.54 Å². The summed E-state index contributed by atoms with van der Waals surface area (Å²) in [6.07, 6.45) is 0. The highest BCUT2D eigenvalue weighted by molar-refractivity contribution is 5.84. The molecule has 0 fully saturated rings. The van der Waals surface area contributed by atoms with E-state index >= 15 is 0 Å². The molecule has 2 aromatic rings. The van der Waals surface area contributed by atoms with Crippen molar-refractivity contribution in [3.63, 3.8) is 0 Å². The molecule has 0 radical (unpaired) electrons. The van der Waals surface area contributed by atoms with Gasteiger partial charge in [0, 0.05) is 10.9 Å². The van der Waals surface area contributed by atoms with Crippen LogP contribution < -0.4 is 5.32 Å². The minimum Gasteiger partial charge on any atom is -0.456 e. The first-order chi connectivity index (χ1) is 8.56. The SMILES string of the molecule is CCNCc1oc2c(F)c(C)ccc2c1C(C)C. The normalized spacial score (nSPS) is 11.7. The van der Waals surface area contributed by atoms with Crippen LogP contribution in [0.25, 0.3) is 11.0 Å². The van der Waals surface area contributed by atoms with Gasteiger partial charge < -0.3 is 9.73 Å². The Bertz CT molecular complexity index is 557. The topological polar surface area (TPSA) is 25.2 Å². The van der Waals surface area contributed by atoms with Crippen LogP contribution in [0.5, 0.6) is 0 Å². The van der Waals surface area contributed by atoms with Crippen LogP contribution in [0, 0.1) is 12.7 Å². The monoisotopic (exact) mass is 249 g/mol. The molecule has 98 valence electrons. The fraction of sp³-hybridized carbons (Fsp3) is 0.467. The van der Waals surface area contributed by atoms with Crippen molar-refractivity contribution in [2.75, 3.05) is 6.54 Å². The fourth-order valence-electron chi connectivity index (χ4n) is 2.30. The van der Waals surface area contributed by atoms with Crippen LogP contribution >= 0.6 is 0 Å². The second kappa shape index (κ2) is 5.11. The Balaban J connectivity index is 2.63. The predicted octanol–water partition coefficient (Wildman–Crippen LogP) is 4.11. The lowest BCUT2D eigenvalue weighted by Crippen LogP contribution is -2.12. The molecule has 0 saturated heterocycles. The first-order valence-corrected chi connectivity index (χ1v) is 6.47. The standard InChI is InChI=1S/C15H20FNO/c1-5-17-8-12-13(9(2)3)11-7-6-10(4)14(16)15(11)18-12/h6-7,9,17H,5,8H2,1-4H3. The molecule has 0 amide bonds. The van der Waals surface area contributed by atoms with E-state index in [2.05, 4.69) is 19.2 Å². The van der Waals surface area contributed by atoms with E-state index < -0.39 is 0 Å². The molecule has 0 aliphatic heterocycles. The number of hydrogen-bond acceptors (Lipinski definition) is 2. The molecule has 1 heterocycles. The zero-order valence-electron chi connectivity index (χ0n) is 11.4. The number of fused-ring (bicyclic) bond motifs is 1. The van der Waals surface area contributed by atoms with Gasteiger partial charge in [0.25, 0.3) is 0 Å². The van der Waals surface area contributed by atoms with Gasteiger partial charge in [-0.05, 0) is 24.9 Å². The van der Waals surface area contributed by atoms with Crippen LogP contribution in [0.2, 0.25) is 0 Å². The first kappa shape index (κ1) is 13.1. The van der Waals surface area contributed by atoms with E-state index in [0.717, 1.165) is 23.3 Å². The molecule has 0 spiro atoms. The molecule has 2 nitrogen and oxygen atoms in total. The lowest BCUT2D eigenvalue weighted by atomic mass is 9.98. The van der Waals surface area contributed by atoms with E-state index in [1.54, 1.807) is 6.92 Å². The lowest BCUT2D eigenvalue weighted by molar-refractivity contribution is 0.491. The van der Waals surface area contributed by atoms with Crippen molar-refractivity contribution >= 4 is 11.0 Å². The summed E-state index contributed by atoms with van der Waals surface area (Å²) in [5.41, 5.74) is 2.14. The molecule has 0 aliphatic carbocycles. The largest absolute Gasteiger partial charge is 0.456 e. The third-order valence-electron chi connectivity index (χ3n) is 3.22. The van der Waals surface area contributed by atoms with Gasteiger partial charge >= 0.3 is 0 Å². The van der Waals surface area contributed by atoms with Crippen LogP contribution in [-0.2, 0) is 6.54 Å². The van der Waals surface area contributed by atoms with Crippen molar-refractivity contribution < 1.29 is 8.81 Å². The van der Waals surface area contributed by atoms with E-state index in [1.807, 2.05) is 19.1 Å². The van der Waals surface area contributed by atoms with Gasteiger partial charge in [-0.15, -0.1) is 0 Å². The Morgan fingerprint density at radius 3 is 2.67 bits per heavy atom. The van der Waals surface area contributed by atoms with E-state index in [-0.39, 0.29) is 5.82 Å². The van der Waals surface area contributed by atoms with Crippen LogP contribution in [0.1, 0.15) is 43.6 Å². The highest BCUT2D eigenvalue weighted by Crippen LogP contribution is 2.34. The van der Waals surface area contributed by atoms with E-state index in [9.17, 15) is 4.39 Å². The van der Waals surface area contributed by atoms with Crippen LogP contribution in [0.3, 0.4) is 0 Å². The average molecular weight is 249 g/mol. The summed E-state index contributed by atoms with van der Waals surface area (Å²) in [6.45, 7) is 9.54. The molecular formula is C15H20FNO. The van der Waals surface area contributed by atoms with Gasteiger partial charge in [-0.1, -0.05) is 32.9 Å². The van der Waals surface area contributed by atoms with Crippen molar-refractivity contribution in [1.82, 2.24) is 5.32 Å². The van der Waals surface area contributed by atoms with E-state index in [4.69, 9.17) is 4.42 Å². The summed E-state index contributed by atoms with van der Waals surface area (Å²) in [7, 11) is 0. The minimum absolute atomic E-state index is 0.239. The van der Waals surface area contributed by atoms with Gasteiger partial charge in [0.15, 0.2) is 11.4 Å². The molecule has 18 heavy (non-hydrogen) atoms. The molecule has 1 N–H and O–H groups in total. The molecule has 1 aromatic heterocycles. The van der Waals surface area contributed by atoms with Gasteiger partial charge in [0.2, 0.25) is 0 Å². The van der Waals surface area contributed by atoms with Gasteiger partial charge in [-0.25, -0.2) is 4.39 Å². The summed E-state index contributed by atoms with van der Waals surface area (Å²) >= 11 is 0. The smallest absolute Gasteiger partial charge is 0.170 e. The highest BCUT2D eigenvalue weighted by atomic mass is 19.1. The lowest BCUT2D eigenvalue weighted by Gasteiger charge is -2.06. The number of benzene rings is 1. The first-order valence-electron chi connectivity index (χ1n) is 6.47. The Hall–Kier alpha value is -1.35. The minimum atomic E-state index is -0.239. The maximum absolute atomic E-state index is 14.1. The van der Waals surface area contributed by atoms with Crippen molar-refractivity contribution in [3.05, 3.63) is 34.8 Å². The van der Waals surface area contributed by atoms with Gasteiger partial charge in [-0.3, -0.25) is 0 Å². The van der Waals surface area contributed by atoms with Crippen LogP contribution in [0.15, 0.2) is 16.5 Å². The van der Waals surface area contributed by atoms with Crippen molar-refractivity contribution in [1.29, 1.82) is 0 Å². The van der Waals surface area contributed by atoms with Crippen molar-refractivity contribution in [3.8, 4) is 0 Å². The molecule has 3 heteroatoms. The summed E-state index contributed by atoms with van der Waals surface area (Å²) in [6, 6.07) is 3.78. The Morgan fingerprint density at radius 2 is 2.06 bits per heavy atom. The van der Waals surface area contributed by atoms with Gasteiger partial charge in [-0.2, -0.15) is 0 Å². The number of halogens is 1. The maximum Gasteiger partial charge on any atom is 0.170 e. The number of aryl methyl sites for hydroxylation is 1. The molecule has 0 atom stereocenters. The molecule has 2 rings (SSSR count). The molecule has 0 unspecified atom stereocenters. The van der Waals surface area contributed by atoms with Gasteiger partial charge in [0.1, 0.15) is 5.76 Å². The average Bonchev–Trinajstić information content (AvgIpc) is 2.70. The number of hydrogen-bond donors (Lipinski definition) is 1. The predicted molar refractivity (Wildman–Crippen MR) is 72.4 cm³/mol. The Morgan fingerprint density at radius 1 is 1.33 bits per heavy atom. The van der Waals surface area contributed by atoms with Crippen molar-refractivity contribution in [2.45, 2.75) is 40.2 Å². The molecule has 0 saturated carbocycles. The summed E-state index contributed by atoms with van der Waals surface area (Å²) in [5, 5.41) is 4.14. The zero-order chi connectivity index (χ0) is 13.3. The third kappa shape index (κ3) is 2.15. The quantitative estimate of drug-likeness (QED) is 0.882. The molecule has 0 aliphatic rings. The molecule has 0 bridgehead atoms. The number of rotatable bonds is 4. The molecule has 1 aromatic carbocycles. The zero-order valence-corrected chi connectivity index (χ0v) is 11.4. The highest BCUT2D eigenvalue weighted by Gasteiger charge is 2.19.